The van der Waals surface area contributed by atoms with Gasteiger partial charge in [-0.15, -0.1) is 0 Å². The fourth-order valence-electron chi connectivity index (χ4n) is 2.23. The van der Waals surface area contributed by atoms with Gasteiger partial charge in [0.1, 0.15) is 5.69 Å². The van der Waals surface area contributed by atoms with Gasteiger partial charge < -0.3 is 10.6 Å². The molecule has 0 saturated carbocycles. The number of aryl methyl sites for hydroxylation is 1. The van der Waals surface area contributed by atoms with Gasteiger partial charge in [0, 0.05) is 24.5 Å². The SMILES string of the molecule is Cc1ccc(CNC(=O)c2ccnc(Nc3ccc(F)c(F)c3)n2)cc1. The molecule has 3 rings (SSSR count). The minimum absolute atomic E-state index is 0.110. The zero-order valence-electron chi connectivity index (χ0n) is 14.0. The smallest absolute Gasteiger partial charge is 0.270 e. The van der Waals surface area contributed by atoms with Gasteiger partial charge in [-0.2, -0.15) is 0 Å². The van der Waals surface area contributed by atoms with Crippen LogP contribution in [0.25, 0.3) is 0 Å². The van der Waals surface area contributed by atoms with Crippen LogP contribution in [0.2, 0.25) is 0 Å². The number of amides is 1. The van der Waals surface area contributed by atoms with Crippen LogP contribution in [0.3, 0.4) is 0 Å². The Bertz CT molecular complexity index is 929. The van der Waals surface area contributed by atoms with Crippen molar-refractivity contribution < 1.29 is 13.6 Å². The number of carbonyl (C=O) groups is 1. The average molecular weight is 354 g/mol. The van der Waals surface area contributed by atoms with Gasteiger partial charge in [-0.05, 0) is 30.7 Å². The zero-order chi connectivity index (χ0) is 18.5. The molecule has 0 aliphatic rings. The molecule has 0 unspecified atom stereocenters. The molecule has 0 aliphatic heterocycles. The number of hydrogen-bond donors (Lipinski definition) is 2. The number of nitrogens with zero attached hydrogens (tertiary/aromatic N) is 2. The van der Waals surface area contributed by atoms with Crippen molar-refractivity contribution in [3.63, 3.8) is 0 Å². The van der Waals surface area contributed by atoms with Crippen molar-refractivity contribution in [2.24, 2.45) is 0 Å². The fourth-order valence-corrected chi connectivity index (χ4v) is 2.23. The summed E-state index contributed by atoms with van der Waals surface area (Å²) in [7, 11) is 0. The summed E-state index contributed by atoms with van der Waals surface area (Å²) in [6.07, 6.45) is 1.41. The minimum Gasteiger partial charge on any atom is -0.347 e. The molecule has 1 heterocycles. The van der Waals surface area contributed by atoms with Crippen LogP contribution in [-0.4, -0.2) is 15.9 Å². The van der Waals surface area contributed by atoms with Gasteiger partial charge in [0.15, 0.2) is 11.6 Å². The number of aromatic nitrogens is 2. The number of carbonyl (C=O) groups excluding carboxylic acids is 1. The summed E-state index contributed by atoms with van der Waals surface area (Å²) in [5.41, 5.74) is 2.56. The highest BCUT2D eigenvalue weighted by molar-refractivity contribution is 5.92. The average Bonchev–Trinajstić information content (AvgIpc) is 2.64. The first-order valence-corrected chi connectivity index (χ1v) is 7.90. The number of benzene rings is 2. The number of rotatable bonds is 5. The third-order valence-electron chi connectivity index (χ3n) is 3.64. The number of anilines is 2. The quantitative estimate of drug-likeness (QED) is 0.733. The predicted octanol–water partition coefficient (Wildman–Crippen LogP) is 3.74. The van der Waals surface area contributed by atoms with Crippen LogP contribution >= 0.6 is 0 Å². The molecule has 132 valence electrons. The van der Waals surface area contributed by atoms with E-state index in [-0.39, 0.29) is 23.2 Å². The molecule has 7 heteroatoms. The Labute approximate surface area is 149 Å². The number of halogens is 2. The van der Waals surface area contributed by atoms with Gasteiger partial charge in [0.25, 0.3) is 5.91 Å². The van der Waals surface area contributed by atoms with E-state index in [0.29, 0.717) is 6.54 Å². The van der Waals surface area contributed by atoms with Gasteiger partial charge in [-0.3, -0.25) is 4.79 Å². The molecule has 0 bridgehead atoms. The molecule has 0 atom stereocenters. The maximum absolute atomic E-state index is 13.3. The normalized spacial score (nSPS) is 10.4. The van der Waals surface area contributed by atoms with E-state index in [9.17, 15) is 13.6 Å². The molecule has 0 saturated heterocycles. The molecule has 26 heavy (non-hydrogen) atoms. The Morgan fingerprint density at radius 1 is 1.04 bits per heavy atom. The van der Waals surface area contributed by atoms with Crippen molar-refractivity contribution in [3.05, 3.63) is 83.2 Å². The molecule has 2 N–H and O–H groups in total. The lowest BCUT2D eigenvalue weighted by Crippen LogP contribution is -2.24. The van der Waals surface area contributed by atoms with E-state index in [2.05, 4.69) is 20.6 Å². The maximum Gasteiger partial charge on any atom is 0.270 e. The summed E-state index contributed by atoms with van der Waals surface area (Å²) < 4.78 is 26.2. The molecule has 0 spiro atoms. The molecule has 1 aromatic heterocycles. The van der Waals surface area contributed by atoms with E-state index in [4.69, 9.17) is 0 Å². The second-order valence-corrected chi connectivity index (χ2v) is 5.69. The summed E-state index contributed by atoms with van der Waals surface area (Å²) in [5, 5.41) is 5.51. The van der Waals surface area contributed by atoms with E-state index in [1.165, 1.54) is 18.3 Å². The van der Waals surface area contributed by atoms with E-state index >= 15 is 0 Å². The third kappa shape index (κ3) is 4.38. The Balaban J connectivity index is 1.66. The summed E-state index contributed by atoms with van der Waals surface area (Å²) in [6.45, 7) is 2.36. The van der Waals surface area contributed by atoms with E-state index in [0.717, 1.165) is 23.3 Å². The molecule has 0 aliphatic carbocycles. The van der Waals surface area contributed by atoms with E-state index in [1.807, 2.05) is 31.2 Å². The van der Waals surface area contributed by atoms with Crippen LogP contribution in [-0.2, 0) is 6.54 Å². The van der Waals surface area contributed by atoms with Crippen molar-refractivity contribution in [2.45, 2.75) is 13.5 Å². The van der Waals surface area contributed by atoms with Crippen molar-refractivity contribution in [1.82, 2.24) is 15.3 Å². The topological polar surface area (TPSA) is 66.9 Å². The lowest BCUT2D eigenvalue weighted by atomic mass is 10.1. The van der Waals surface area contributed by atoms with Crippen molar-refractivity contribution in [1.29, 1.82) is 0 Å². The largest absolute Gasteiger partial charge is 0.347 e. The molecule has 3 aromatic rings. The zero-order valence-corrected chi connectivity index (χ0v) is 14.0. The highest BCUT2D eigenvalue weighted by Gasteiger charge is 2.10. The molecule has 1 amide bonds. The van der Waals surface area contributed by atoms with E-state index in [1.54, 1.807) is 0 Å². The summed E-state index contributed by atoms with van der Waals surface area (Å²) in [5.74, 6) is -2.18. The van der Waals surface area contributed by atoms with Crippen molar-refractivity contribution >= 4 is 17.5 Å². The molecular formula is C19H16F2N4O. The molecule has 5 nitrogen and oxygen atoms in total. The second-order valence-electron chi connectivity index (χ2n) is 5.69. The Kier molecular flexibility index (Phi) is 5.17. The first-order valence-electron chi connectivity index (χ1n) is 7.90. The summed E-state index contributed by atoms with van der Waals surface area (Å²) in [4.78, 5) is 20.3. The van der Waals surface area contributed by atoms with Crippen LogP contribution < -0.4 is 10.6 Å². The van der Waals surface area contributed by atoms with Gasteiger partial charge in [-0.1, -0.05) is 29.8 Å². The van der Waals surface area contributed by atoms with Gasteiger partial charge in [0.05, 0.1) is 0 Å². The van der Waals surface area contributed by atoms with Crippen molar-refractivity contribution in [3.8, 4) is 0 Å². The molecule has 2 aromatic carbocycles. The van der Waals surface area contributed by atoms with Crippen molar-refractivity contribution in [2.75, 3.05) is 5.32 Å². The van der Waals surface area contributed by atoms with Gasteiger partial charge in [0.2, 0.25) is 5.95 Å². The van der Waals surface area contributed by atoms with Crippen LogP contribution in [0.1, 0.15) is 21.6 Å². The Morgan fingerprint density at radius 3 is 2.54 bits per heavy atom. The van der Waals surface area contributed by atoms with Crippen LogP contribution in [0.15, 0.2) is 54.7 Å². The fraction of sp³-hybridized carbons (Fsp3) is 0.105. The summed E-state index contributed by atoms with van der Waals surface area (Å²) in [6, 6.07) is 12.6. The maximum atomic E-state index is 13.3. The van der Waals surface area contributed by atoms with Crippen LogP contribution in [0.5, 0.6) is 0 Å². The third-order valence-corrected chi connectivity index (χ3v) is 3.64. The van der Waals surface area contributed by atoms with Crippen LogP contribution in [0, 0.1) is 18.6 Å². The first kappa shape index (κ1) is 17.5. The predicted molar refractivity (Wildman–Crippen MR) is 94.0 cm³/mol. The standard InChI is InChI=1S/C19H16F2N4O/c1-12-2-4-13(5-3-12)11-23-18(26)17-8-9-22-19(25-17)24-14-6-7-15(20)16(21)10-14/h2-10H,11H2,1H3,(H,23,26)(H,22,24,25). The summed E-state index contributed by atoms with van der Waals surface area (Å²) >= 11 is 0. The minimum atomic E-state index is -0.984. The van der Waals surface area contributed by atoms with Gasteiger partial charge >= 0.3 is 0 Å². The van der Waals surface area contributed by atoms with Gasteiger partial charge in [-0.25, -0.2) is 18.7 Å². The lowest BCUT2D eigenvalue weighted by molar-refractivity contribution is 0.0946. The second kappa shape index (κ2) is 7.69. The van der Waals surface area contributed by atoms with Crippen LogP contribution in [0.4, 0.5) is 20.4 Å². The first-order chi connectivity index (χ1) is 12.5. The lowest BCUT2D eigenvalue weighted by Gasteiger charge is -2.08. The highest BCUT2D eigenvalue weighted by Crippen LogP contribution is 2.16. The Hall–Kier alpha value is -3.35. The van der Waals surface area contributed by atoms with E-state index < -0.39 is 11.6 Å². The number of hydrogen-bond acceptors (Lipinski definition) is 4. The monoisotopic (exact) mass is 354 g/mol. The highest BCUT2D eigenvalue weighted by atomic mass is 19.2. The molecule has 0 radical (unpaired) electrons. The molecular weight excluding hydrogens is 338 g/mol. The number of nitrogens with one attached hydrogen (secondary N) is 2. The molecule has 0 fully saturated rings. The Morgan fingerprint density at radius 2 is 1.81 bits per heavy atom.